The summed E-state index contributed by atoms with van der Waals surface area (Å²) in [6.07, 6.45) is 0. The Labute approximate surface area is 173 Å². The topological polar surface area (TPSA) is 51.0 Å². The largest absolute Gasteiger partial charge is 0.418 e. The van der Waals surface area contributed by atoms with Crippen LogP contribution in [0.2, 0.25) is 5.02 Å². The van der Waals surface area contributed by atoms with E-state index < -0.39 is 6.04 Å². The van der Waals surface area contributed by atoms with Crippen LogP contribution in [-0.4, -0.2) is 10.2 Å². The molecular weight excluding hydrogens is 389 g/mol. The number of anilines is 1. The monoisotopic (exact) mass is 407 g/mol. The van der Waals surface area contributed by atoms with Crippen LogP contribution in [0.4, 0.5) is 10.1 Å². The van der Waals surface area contributed by atoms with Crippen molar-refractivity contribution < 1.29 is 8.81 Å². The van der Waals surface area contributed by atoms with Gasteiger partial charge < -0.3 is 9.73 Å². The Hall–Kier alpha value is -3.18. The highest BCUT2D eigenvalue weighted by molar-refractivity contribution is 6.33. The number of nitrogens with zero attached hydrogens (tertiary/aromatic N) is 2. The lowest BCUT2D eigenvalue weighted by atomic mass is 10.1. The molecule has 0 amide bonds. The third-order valence-electron chi connectivity index (χ3n) is 4.53. The van der Waals surface area contributed by atoms with Gasteiger partial charge in [0, 0.05) is 5.69 Å². The molecule has 4 rings (SSSR count). The van der Waals surface area contributed by atoms with Crippen molar-refractivity contribution in [1.29, 1.82) is 0 Å². The summed E-state index contributed by atoms with van der Waals surface area (Å²) >= 11 is 6.26. The number of halogens is 2. The molecule has 0 aliphatic carbocycles. The molecule has 0 bridgehead atoms. The second-order valence-corrected chi connectivity index (χ2v) is 7.34. The molecule has 0 spiro atoms. The van der Waals surface area contributed by atoms with Crippen LogP contribution in [0.15, 0.2) is 71.1 Å². The van der Waals surface area contributed by atoms with Crippen LogP contribution < -0.4 is 5.32 Å². The van der Waals surface area contributed by atoms with E-state index in [0.29, 0.717) is 22.4 Å². The highest BCUT2D eigenvalue weighted by Gasteiger charge is 2.22. The van der Waals surface area contributed by atoms with Gasteiger partial charge in [-0.25, -0.2) is 4.39 Å². The summed E-state index contributed by atoms with van der Waals surface area (Å²) in [5.41, 5.74) is 4.65. The maximum absolute atomic E-state index is 13.5. The number of rotatable bonds is 5. The van der Waals surface area contributed by atoms with Gasteiger partial charge in [0.2, 0.25) is 11.8 Å². The zero-order valence-corrected chi connectivity index (χ0v) is 16.7. The summed E-state index contributed by atoms with van der Waals surface area (Å²) in [6.45, 7) is 4.07. The van der Waals surface area contributed by atoms with Gasteiger partial charge in [-0.1, -0.05) is 41.9 Å². The Bertz CT molecular complexity index is 1120. The van der Waals surface area contributed by atoms with Gasteiger partial charge in [-0.15, -0.1) is 10.2 Å². The van der Waals surface area contributed by atoms with Gasteiger partial charge in [0.1, 0.15) is 11.9 Å². The van der Waals surface area contributed by atoms with Gasteiger partial charge in [-0.05, 0) is 66.9 Å². The Morgan fingerprint density at radius 2 is 1.62 bits per heavy atom. The number of hydrogen-bond donors (Lipinski definition) is 1. The van der Waals surface area contributed by atoms with Crippen molar-refractivity contribution in [2.24, 2.45) is 0 Å². The molecule has 1 N–H and O–H groups in total. The zero-order valence-electron chi connectivity index (χ0n) is 16.0. The number of hydrogen-bond acceptors (Lipinski definition) is 4. The predicted molar refractivity (Wildman–Crippen MR) is 113 cm³/mol. The first-order valence-corrected chi connectivity index (χ1v) is 9.56. The van der Waals surface area contributed by atoms with Crippen LogP contribution in [0.25, 0.3) is 11.5 Å². The van der Waals surface area contributed by atoms with E-state index in [4.69, 9.17) is 16.0 Å². The van der Waals surface area contributed by atoms with Crippen LogP contribution in [-0.2, 0) is 0 Å². The molecule has 0 unspecified atom stereocenters. The SMILES string of the molecule is Cc1cc(C)cc(N[C@@H](c2ccc(F)cc2)c2nnc(-c3ccccc3Cl)o2)c1. The second kappa shape index (κ2) is 8.05. The van der Waals surface area contributed by atoms with E-state index in [-0.39, 0.29) is 5.82 Å². The molecule has 0 radical (unpaired) electrons. The Kier molecular flexibility index (Phi) is 5.32. The van der Waals surface area contributed by atoms with Crippen LogP contribution >= 0.6 is 11.6 Å². The van der Waals surface area contributed by atoms with Gasteiger partial charge >= 0.3 is 0 Å². The molecule has 4 nitrogen and oxygen atoms in total. The lowest BCUT2D eigenvalue weighted by Crippen LogP contribution is -2.13. The summed E-state index contributed by atoms with van der Waals surface area (Å²) in [5, 5.41) is 12.4. The molecule has 1 atom stereocenters. The van der Waals surface area contributed by atoms with E-state index >= 15 is 0 Å². The van der Waals surface area contributed by atoms with E-state index in [0.717, 1.165) is 22.4 Å². The molecule has 0 aliphatic heterocycles. The van der Waals surface area contributed by atoms with Gasteiger partial charge in [-0.2, -0.15) is 0 Å². The molecule has 0 aliphatic rings. The van der Waals surface area contributed by atoms with Gasteiger partial charge in [0.05, 0.1) is 10.6 Å². The zero-order chi connectivity index (χ0) is 20.4. The molecular formula is C23H19ClFN3O. The quantitative estimate of drug-likeness (QED) is 0.419. The van der Waals surface area contributed by atoms with E-state index in [1.807, 2.05) is 44.2 Å². The fourth-order valence-electron chi connectivity index (χ4n) is 3.26. The molecule has 1 heterocycles. The van der Waals surface area contributed by atoms with Gasteiger partial charge in [-0.3, -0.25) is 0 Å². The average molecular weight is 408 g/mol. The highest BCUT2D eigenvalue weighted by atomic mass is 35.5. The molecule has 29 heavy (non-hydrogen) atoms. The Morgan fingerprint density at radius 1 is 0.931 bits per heavy atom. The molecule has 146 valence electrons. The first kappa shape index (κ1) is 19.2. The van der Waals surface area contributed by atoms with E-state index in [9.17, 15) is 4.39 Å². The van der Waals surface area contributed by atoms with E-state index in [1.54, 1.807) is 18.2 Å². The Morgan fingerprint density at radius 3 is 2.31 bits per heavy atom. The molecule has 6 heteroatoms. The molecule has 4 aromatic rings. The van der Waals surface area contributed by atoms with Gasteiger partial charge in [0.15, 0.2) is 0 Å². The number of nitrogens with one attached hydrogen (secondary N) is 1. The third kappa shape index (κ3) is 4.30. The predicted octanol–water partition coefficient (Wildman–Crippen LogP) is 6.35. The summed E-state index contributed by atoms with van der Waals surface area (Å²) in [5.74, 6) is 0.395. The Balaban J connectivity index is 1.74. The fraction of sp³-hybridized carbons (Fsp3) is 0.130. The van der Waals surface area contributed by atoms with Crippen LogP contribution in [0.5, 0.6) is 0 Å². The van der Waals surface area contributed by atoms with Crippen LogP contribution in [0, 0.1) is 19.7 Å². The molecule has 3 aromatic carbocycles. The van der Waals surface area contributed by atoms with E-state index in [1.165, 1.54) is 12.1 Å². The standard InChI is InChI=1S/C23H19ClFN3O/c1-14-11-15(2)13-18(12-14)26-21(16-7-9-17(25)10-8-16)23-28-27-22(29-23)19-5-3-4-6-20(19)24/h3-13,21,26H,1-2H3/t21-/m0/s1. The van der Waals surface area contributed by atoms with Crippen molar-refractivity contribution >= 4 is 17.3 Å². The second-order valence-electron chi connectivity index (χ2n) is 6.93. The number of aryl methyl sites for hydroxylation is 2. The summed E-state index contributed by atoms with van der Waals surface area (Å²) in [4.78, 5) is 0. The van der Waals surface area contributed by atoms with Gasteiger partial charge in [0.25, 0.3) is 0 Å². The minimum atomic E-state index is -0.444. The van der Waals surface area contributed by atoms with Crippen molar-refractivity contribution in [3.63, 3.8) is 0 Å². The average Bonchev–Trinajstić information content (AvgIpc) is 3.16. The maximum atomic E-state index is 13.5. The first-order chi connectivity index (χ1) is 14.0. The van der Waals surface area contributed by atoms with Crippen molar-refractivity contribution in [2.75, 3.05) is 5.32 Å². The van der Waals surface area contributed by atoms with Crippen molar-refractivity contribution in [1.82, 2.24) is 10.2 Å². The van der Waals surface area contributed by atoms with Crippen molar-refractivity contribution in [2.45, 2.75) is 19.9 Å². The fourth-order valence-corrected chi connectivity index (χ4v) is 3.48. The number of benzene rings is 3. The summed E-state index contributed by atoms with van der Waals surface area (Å²) < 4.78 is 19.4. The molecule has 0 fully saturated rings. The highest BCUT2D eigenvalue weighted by Crippen LogP contribution is 2.31. The molecule has 1 aromatic heterocycles. The van der Waals surface area contributed by atoms with Crippen molar-refractivity contribution in [3.8, 4) is 11.5 Å². The number of aromatic nitrogens is 2. The van der Waals surface area contributed by atoms with E-state index in [2.05, 4.69) is 21.6 Å². The van der Waals surface area contributed by atoms with Crippen LogP contribution in [0.1, 0.15) is 28.6 Å². The smallest absolute Gasteiger partial charge is 0.249 e. The summed E-state index contributed by atoms with van der Waals surface area (Å²) in [7, 11) is 0. The first-order valence-electron chi connectivity index (χ1n) is 9.18. The summed E-state index contributed by atoms with van der Waals surface area (Å²) in [6, 6.07) is 19.3. The van der Waals surface area contributed by atoms with Crippen LogP contribution in [0.3, 0.4) is 0 Å². The minimum absolute atomic E-state index is 0.304. The lowest BCUT2D eigenvalue weighted by Gasteiger charge is -2.18. The molecule has 0 saturated carbocycles. The maximum Gasteiger partial charge on any atom is 0.249 e. The molecule has 0 saturated heterocycles. The van der Waals surface area contributed by atoms with Crippen molar-refractivity contribution in [3.05, 3.63) is 100 Å². The normalized spacial score (nSPS) is 12.0. The minimum Gasteiger partial charge on any atom is -0.418 e. The lowest BCUT2D eigenvalue weighted by molar-refractivity contribution is 0.494. The third-order valence-corrected chi connectivity index (χ3v) is 4.86.